The van der Waals surface area contributed by atoms with Crippen LogP contribution in [0.1, 0.15) is 12.8 Å². The Morgan fingerprint density at radius 3 is 2.30 bits per heavy atom. The molecule has 3 aromatic carbocycles. The number of methoxy groups -OCH3 is 1. The number of nitrogens with one attached hydrogen (secondary N) is 3. The minimum Gasteiger partial charge on any atom is -0.494 e. The molecule has 60 heavy (non-hydrogen) atoms. The Morgan fingerprint density at radius 2 is 1.62 bits per heavy atom. The van der Waals surface area contributed by atoms with Gasteiger partial charge in [0, 0.05) is 105 Å². The Morgan fingerprint density at radius 1 is 0.883 bits per heavy atom. The summed E-state index contributed by atoms with van der Waals surface area (Å²) in [5.41, 5.74) is 5.42. The van der Waals surface area contributed by atoms with E-state index >= 15 is 0 Å². The number of halogens is 1. The molecule has 0 aliphatic carbocycles. The molecule has 5 heterocycles. The monoisotopic (exact) mass is 849 g/mol. The van der Waals surface area contributed by atoms with Gasteiger partial charge in [-0.2, -0.15) is 10.1 Å². The molecule has 2 fully saturated rings. The molecule has 0 amide bonds. The van der Waals surface area contributed by atoms with Crippen LogP contribution in [0, 0.1) is 5.92 Å². The molecule has 2 aliphatic rings. The summed E-state index contributed by atoms with van der Waals surface area (Å²) in [6.07, 6.45) is 9.07. The second kappa shape index (κ2) is 17.4. The van der Waals surface area contributed by atoms with Crippen LogP contribution in [0.3, 0.4) is 0 Å². The van der Waals surface area contributed by atoms with Crippen molar-refractivity contribution in [3.63, 3.8) is 0 Å². The van der Waals surface area contributed by atoms with Gasteiger partial charge in [-0.3, -0.25) is 23.9 Å². The first kappa shape index (κ1) is 40.9. The normalized spacial score (nSPS) is 15.3. The molecule has 3 aromatic heterocycles. The Balaban J connectivity index is 0.927. The van der Waals surface area contributed by atoms with Gasteiger partial charge in [-0.05, 0) is 74.6 Å². The van der Waals surface area contributed by atoms with E-state index in [1.165, 1.54) is 23.0 Å². The van der Waals surface area contributed by atoms with Gasteiger partial charge < -0.3 is 29.7 Å². The highest BCUT2D eigenvalue weighted by Gasteiger charge is 2.27. The van der Waals surface area contributed by atoms with Crippen molar-refractivity contribution in [2.45, 2.75) is 12.8 Å². The molecule has 0 bridgehead atoms. The topological polar surface area (TPSA) is 159 Å². The van der Waals surface area contributed by atoms with Gasteiger partial charge in [-0.1, -0.05) is 23.7 Å². The van der Waals surface area contributed by atoms with Crippen LogP contribution in [0.15, 0.2) is 101 Å². The summed E-state index contributed by atoms with van der Waals surface area (Å²) < 4.78 is 22.2. The van der Waals surface area contributed by atoms with E-state index in [9.17, 15) is 14.2 Å². The number of nitrogens with zero attached hydrogens (tertiary/aromatic N) is 8. The predicted octanol–water partition coefficient (Wildman–Crippen LogP) is 6.15. The maximum Gasteiger partial charge on any atom is 0.332 e. The van der Waals surface area contributed by atoms with Crippen molar-refractivity contribution >= 4 is 58.6 Å². The van der Waals surface area contributed by atoms with Crippen molar-refractivity contribution in [2.24, 2.45) is 13.0 Å². The average molecular weight is 850 g/mol. The Hall–Kier alpha value is -5.89. The number of aromatic amines is 1. The summed E-state index contributed by atoms with van der Waals surface area (Å²) in [5, 5.41) is 12.2. The van der Waals surface area contributed by atoms with Crippen LogP contribution >= 0.6 is 18.7 Å². The molecule has 17 heteroatoms. The molecule has 8 rings (SSSR count). The van der Waals surface area contributed by atoms with Crippen LogP contribution in [-0.2, 0) is 11.6 Å². The van der Waals surface area contributed by atoms with E-state index in [1.807, 2.05) is 68.0 Å². The molecule has 312 valence electrons. The number of para-hydroxylation sites is 1. The van der Waals surface area contributed by atoms with Crippen molar-refractivity contribution < 1.29 is 9.30 Å². The van der Waals surface area contributed by atoms with Gasteiger partial charge in [0.15, 0.2) is 5.82 Å². The van der Waals surface area contributed by atoms with Crippen LogP contribution in [0.25, 0.3) is 16.8 Å². The lowest BCUT2D eigenvalue weighted by Crippen LogP contribution is -2.49. The zero-order chi connectivity index (χ0) is 42.0. The average Bonchev–Trinajstić information content (AvgIpc) is 3.68. The standard InChI is InChI=1S/C43H49ClN11O4P/c1-51-28-30(25-46-51)33-23-36(48-42-45-26-34(44)41(50-42)47-35-7-5-6-8-39(35)60(3,4)58)38(59-2)24-37(33)54-16-13-29(14-17-54)27-52-19-21-53(22-20-52)31-9-11-32(12-10-31)55-18-15-40(56)49-43(55)57/h5-12,15,18,23-26,28-29H,13-14,16-17,19-22,27H2,1-4H3,(H,49,56,57)(H2,45,47,48,50). The first-order chi connectivity index (χ1) is 28.9. The third-order valence-electron chi connectivity index (χ3n) is 11.2. The van der Waals surface area contributed by atoms with Crippen LogP contribution in [0.5, 0.6) is 5.75 Å². The Bertz CT molecular complexity index is 2640. The lowest BCUT2D eigenvalue weighted by atomic mass is 9.94. The van der Waals surface area contributed by atoms with Crippen molar-refractivity contribution in [3.05, 3.63) is 117 Å². The van der Waals surface area contributed by atoms with Crippen LogP contribution in [0.4, 0.5) is 34.5 Å². The van der Waals surface area contributed by atoms with Gasteiger partial charge in [0.1, 0.15) is 17.9 Å². The number of hydrogen-bond donors (Lipinski definition) is 3. The number of aryl methyl sites for hydroxylation is 1. The molecule has 15 nitrogen and oxygen atoms in total. The third kappa shape index (κ3) is 9.13. The van der Waals surface area contributed by atoms with E-state index in [-0.39, 0.29) is 0 Å². The van der Waals surface area contributed by atoms with Gasteiger partial charge in [-0.25, -0.2) is 9.78 Å². The second-order valence-electron chi connectivity index (χ2n) is 15.7. The van der Waals surface area contributed by atoms with Gasteiger partial charge in [0.2, 0.25) is 5.95 Å². The van der Waals surface area contributed by atoms with E-state index in [4.69, 9.17) is 21.3 Å². The molecule has 2 saturated heterocycles. The van der Waals surface area contributed by atoms with Crippen LogP contribution in [0.2, 0.25) is 5.02 Å². The van der Waals surface area contributed by atoms with Gasteiger partial charge in [-0.15, -0.1) is 0 Å². The number of H-pyrrole nitrogens is 1. The fourth-order valence-electron chi connectivity index (χ4n) is 8.06. The number of benzene rings is 3. The number of anilines is 6. The number of aromatic nitrogens is 6. The van der Waals surface area contributed by atoms with Crippen molar-refractivity contribution in [2.75, 3.05) is 86.7 Å². The summed E-state index contributed by atoms with van der Waals surface area (Å²) in [5.74, 6) is 1.94. The third-order valence-corrected chi connectivity index (χ3v) is 13.0. The van der Waals surface area contributed by atoms with Gasteiger partial charge in [0.05, 0.1) is 36.6 Å². The van der Waals surface area contributed by atoms with E-state index in [2.05, 4.69) is 52.5 Å². The highest BCUT2D eigenvalue weighted by atomic mass is 35.5. The van der Waals surface area contributed by atoms with Crippen molar-refractivity contribution in [1.82, 2.24) is 34.2 Å². The predicted molar refractivity (Wildman–Crippen MR) is 241 cm³/mol. The lowest BCUT2D eigenvalue weighted by Gasteiger charge is -2.40. The summed E-state index contributed by atoms with van der Waals surface area (Å²) in [6.45, 7) is 10.2. The number of ether oxygens (including phenoxy) is 1. The summed E-state index contributed by atoms with van der Waals surface area (Å²) in [4.78, 5) is 42.6. The maximum absolute atomic E-state index is 13.0. The highest BCUT2D eigenvalue weighted by molar-refractivity contribution is 7.70. The molecule has 0 atom stereocenters. The number of piperazine rings is 1. The number of piperidine rings is 1. The quantitative estimate of drug-likeness (QED) is 0.121. The molecule has 0 spiro atoms. The molecule has 0 unspecified atom stereocenters. The lowest BCUT2D eigenvalue weighted by molar-refractivity contribution is 0.201. The number of rotatable bonds is 12. The van der Waals surface area contributed by atoms with Crippen molar-refractivity contribution in [3.8, 4) is 22.6 Å². The van der Waals surface area contributed by atoms with E-state index in [1.54, 1.807) is 25.1 Å². The Labute approximate surface area is 353 Å². The minimum absolute atomic E-state index is 0.318. The molecule has 2 aliphatic heterocycles. The van der Waals surface area contributed by atoms with Crippen LogP contribution < -0.4 is 41.7 Å². The minimum atomic E-state index is -2.58. The first-order valence-corrected chi connectivity index (χ1v) is 23.0. The first-order valence-electron chi connectivity index (χ1n) is 20.0. The smallest absolute Gasteiger partial charge is 0.332 e. The van der Waals surface area contributed by atoms with Gasteiger partial charge >= 0.3 is 5.69 Å². The molecular formula is C43H49ClN11O4P. The molecular weight excluding hydrogens is 801 g/mol. The van der Waals surface area contributed by atoms with E-state index < -0.39 is 18.4 Å². The molecule has 0 radical (unpaired) electrons. The van der Waals surface area contributed by atoms with Crippen LogP contribution in [-0.4, -0.2) is 100 Å². The summed E-state index contributed by atoms with van der Waals surface area (Å²) >= 11 is 6.57. The maximum atomic E-state index is 13.0. The summed E-state index contributed by atoms with van der Waals surface area (Å²) in [6, 6.07) is 20.9. The van der Waals surface area contributed by atoms with E-state index in [0.717, 1.165) is 81.2 Å². The molecule has 3 N–H and O–H groups in total. The SMILES string of the molecule is COc1cc(N2CCC(CN3CCN(c4ccc(-n5ccc(=O)[nH]c5=O)cc4)CC3)CC2)c(-c2cnn(C)c2)cc1Nc1ncc(Cl)c(Nc2ccccc2P(C)(C)=O)n1. The summed E-state index contributed by atoms with van der Waals surface area (Å²) in [7, 11) is 0.995. The van der Waals surface area contributed by atoms with Gasteiger partial charge in [0.25, 0.3) is 5.56 Å². The van der Waals surface area contributed by atoms with E-state index in [0.29, 0.717) is 50.8 Å². The molecule has 6 aromatic rings. The van der Waals surface area contributed by atoms with Crippen molar-refractivity contribution in [1.29, 1.82) is 0 Å². The fraction of sp³-hybridized carbons (Fsp3) is 0.326. The second-order valence-corrected chi connectivity index (χ2v) is 19.3. The zero-order valence-electron chi connectivity index (χ0n) is 34.1. The fourth-order valence-corrected chi connectivity index (χ4v) is 9.35. The largest absolute Gasteiger partial charge is 0.494 e. The number of hydrogen-bond acceptors (Lipinski definition) is 12. The molecule has 0 saturated carbocycles. The Kier molecular flexibility index (Phi) is 11.8. The highest BCUT2D eigenvalue weighted by Crippen LogP contribution is 2.42. The zero-order valence-corrected chi connectivity index (χ0v) is 35.8.